The lowest BCUT2D eigenvalue weighted by atomic mass is 9.92. The van der Waals surface area contributed by atoms with Crippen molar-refractivity contribution in [3.8, 4) is 0 Å². The Morgan fingerprint density at radius 1 is 1.56 bits per heavy atom. The highest BCUT2D eigenvalue weighted by Gasteiger charge is 2.24. The Bertz CT molecular complexity index is 421. The molecule has 0 bridgehead atoms. The van der Waals surface area contributed by atoms with Crippen LogP contribution in [0.2, 0.25) is 5.15 Å². The summed E-state index contributed by atoms with van der Waals surface area (Å²) in [5.74, 6) is 0.573. The zero-order chi connectivity index (χ0) is 11.7. The topological polar surface area (TPSA) is 59.3 Å². The van der Waals surface area contributed by atoms with Gasteiger partial charge in [-0.15, -0.1) is 0 Å². The molecule has 1 saturated carbocycles. The molecule has 2 rings (SSSR count). The van der Waals surface area contributed by atoms with Gasteiger partial charge < -0.3 is 4.90 Å². The van der Waals surface area contributed by atoms with Crippen molar-refractivity contribution in [2.45, 2.75) is 25.3 Å². The first-order valence-corrected chi connectivity index (χ1v) is 5.50. The van der Waals surface area contributed by atoms with Crippen molar-refractivity contribution in [2.24, 2.45) is 0 Å². The Hall–Kier alpha value is -1.36. The second-order valence-corrected chi connectivity index (χ2v) is 4.35. The van der Waals surface area contributed by atoms with Crippen molar-refractivity contribution in [3.05, 3.63) is 27.4 Å². The van der Waals surface area contributed by atoms with Crippen LogP contribution in [0.3, 0.4) is 0 Å². The lowest BCUT2D eigenvalue weighted by Gasteiger charge is -2.35. The summed E-state index contributed by atoms with van der Waals surface area (Å²) in [5.41, 5.74) is -0.0128. The second-order valence-electron chi connectivity index (χ2n) is 3.96. The van der Waals surface area contributed by atoms with E-state index in [9.17, 15) is 10.1 Å². The number of nitrogens with zero attached hydrogens (tertiary/aromatic N) is 3. The number of pyridine rings is 1. The third-order valence-corrected chi connectivity index (χ3v) is 3.15. The van der Waals surface area contributed by atoms with Crippen LogP contribution in [0.25, 0.3) is 0 Å². The molecule has 86 valence electrons. The first-order valence-electron chi connectivity index (χ1n) is 5.13. The van der Waals surface area contributed by atoms with Crippen molar-refractivity contribution in [1.29, 1.82) is 0 Å². The van der Waals surface area contributed by atoms with E-state index in [0.29, 0.717) is 11.9 Å². The number of hydrogen-bond donors (Lipinski definition) is 0. The molecule has 0 unspecified atom stereocenters. The van der Waals surface area contributed by atoms with Gasteiger partial charge in [0, 0.05) is 13.1 Å². The summed E-state index contributed by atoms with van der Waals surface area (Å²) in [7, 11) is 1.90. The van der Waals surface area contributed by atoms with Gasteiger partial charge in [-0.3, -0.25) is 10.1 Å². The van der Waals surface area contributed by atoms with Gasteiger partial charge >= 0.3 is 0 Å². The Morgan fingerprint density at radius 2 is 2.25 bits per heavy atom. The van der Waals surface area contributed by atoms with Gasteiger partial charge in [0.1, 0.15) is 11.0 Å². The van der Waals surface area contributed by atoms with Gasteiger partial charge in [-0.2, -0.15) is 0 Å². The number of hydrogen-bond acceptors (Lipinski definition) is 4. The van der Waals surface area contributed by atoms with Crippen molar-refractivity contribution in [1.82, 2.24) is 4.98 Å². The first-order chi connectivity index (χ1) is 7.58. The summed E-state index contributed by atoms with van der Waals surface area (Å²) in [6.45, 7) is 0. The molecule has 0 aromatic carbocycles. The summed E-state index contributed by atoms with van der Waals surface area (Å²) in [4.78, 5) is 16.3. The molecule has 0 aliphatic heterocycles. The summed E-state index contributed by atoms with van der Waals surface area (Å²) in [5, 5.41) is 10.8. The number of aromatic nitrogens is 1. The van der Waals surface area contributed by atoms with Crippen LogP contribution in [0.15, 0.2) is 12.1 Å². The van der Waals surface area contributed by atoms with Crippen LogP contribution >= 0.6 is 11.6 Å². The summed E-state index contributed by atoms with van der Waals surface area (Å²) >= 11 is 5.76. The molecule has 6 heteroatoms. The molecular weight excluding hydrogens is 230 g/mol. The maximum Gasteiger partial charge on any atom is 0.276 e. The molecular formula is C10H12ClN3O2. The Balaban J connectivity index is 2.28. The largest absolute Gasteiger partial charge is 0.356 e. The Kier molecular flexibility index (Phi) is 2.96. The van der Waals surface area contributed by atoms with Gasteiger partial charge in [0.2, 0.25) is 0 Å². The molecule has 1 aliphatic carbocycles. The van der Waals surface area contributed by atoms with Gasteiger partial charge in [0.05, 0.1) is 17.1 Å². The minimum absolute atomic E-state index is 0.0128. The normalized spacial score (nSPS) is 15.6. The highest BCUT2D eigenvalue weighted by molar-refractivity contribution is 6.29. The minimum Gasteiger partial charge on any atom is -0.356 e. The van der Waals surface area contributed by atoms with Crippen molar-refractivity contribution < 1.29 is 4.92 Å². The quantitative estimate of drug-likeness (QED) is 0.464. The summed E-state index contributed by atoms with van der Waals surface area (Å²) in [6, 6.07) is 3.16. The predicted octanol–water partition coefficient (Wildman–Crippen LogP) is 2.63. The lowest BCUT2D eigenvalue weighted by Crippen LogP contribution is -2.37. The van der Waals surface area contributed by atoms with E-state index in [1.807, 2.05) is 11.9 Å². The Labute approximate surface area is 98.2 Å². The van der Waals surface area contributed by atoms with E-state index >= 15 is 0 Å². The maximum atomic E-state index is 10.7. The highest BCUT2D eigenvalue weighted by atomic mass is 35.5. The van der Waals surface area contributed by atoms with E-state index in [0.717, 1.165) is 12.8 Å². The van der Waals surface area contributed by atoms with Crippen molar-refractivity contribution in [2.75, 3.05) is 11.9 Å². The monoisotopic (exact) mass is 241 g/mol. The average molecular weight is 242 g/mol. The van der Waals surface area contributed by atoms with E-state index in [-0.39, 0.29) is 10.8 Å². The molecule has 0 amide bonds. The van der Waals surface area contributed by atoms with Crippen molar-refractivity contribution in [3.63, 3.8) is 0 Å². The van der Waals surface area contributed by atoms with Gasteiger partial charge in [0.15, 0.2) is 0 Å². The molecule has 1 aromatic rings. The van der Waals surface area contributed by atoms with Crippen molar-refractivity contribution >= 4 is 23.1 Å². The van der Waals surface area contributed by atoms with Crippen LogP contribution in [-0.4, -0.2) is 23.0 Å². The van der Waals surface area contributed by atoms with Crippen LogP contribution in [0.5, 0.6) is 0 Å². The number of anilines is 1. The average Bonchev–Trinajstić information content (AvgIpc) is 2.13. The zero-order valence-electron chi connectivity index (χ0n) is 8.89. The number of rotatable bonds is 3. The molecule has 1 aromatic heterocycles. The van der Waals surface area contributed by atoms with E-state index < -0.39 is 4.92 Å². The SMILES string of the molecule is CN(c1cc([N+](=O)[O-])cc(Cl)n1)C1CCC1. The second kappa shape index (κ2) is 4.25. The summed E-state index contributed by atoms with van der Waals surface area (Å²) in [6.07, 6.45) is 3.43. The zero-order valence-corrected chi connectivity index (χ0v) is 9.65. The third kappa shape index (κ3) is 2.09. The molecule has 0 atom stereocenters. The molecule has 1 fully saturated rings. The highest BCUT2D eigenvalue weighted by Crippen LogP contribution is 2.30. The van der Waals surface area contributed by atoms with Gasteiger partial charge in [-0.05, 0) is 19.3 Å². The number of halogens is 1. The van der Waals surface area contributed by atoms with E-state index in [1.54, 1.807) is 0 Å². The van der Waals surface area contributed by atoms with Gasteiger partial charge in [0.25, 0.3) is 5.69 Å². The molecule has 1 heterocycles. The predicted molar refractivity (Wildman–Crippen MR) is 61.9 cm³/mol. The molecule has 5 nitrogen and oxygen atoms in total. The smallest absolute Gasteiger partial charge is 0.276 e. The molecule has 0 saturated heterocycles. The molecule has 1 aliphatic rings. The molecule has 16 heavy (non-hydrogen) atoms. The van der Waals surface area contributed by atoms with Crippen LogP contribution in [0.4, 0.5) is 11.5 Å². The molecule has 0 N–H and O–H groups in total. The Morgan fingerprint density at radius 3 is 2.75 bits per heavy atom. The third-order valence-electron chi connectivity index (χ3n) is 2.96. The van der Waals surface area contributed by atoms with Crippen LogP contribution in [0, 0.1) is 10.1 Å². The van der Waals surface area contributed by atoms with Crippen LogP contribution in [-0.2, 0) is 0 Å². The fourth-order valence-electron chi connectivity index (χ4n) is 1.72. The van der Waals surface area contributed by atoms with Gasteiger partial charge in [-0.25, -0.2) is 4.98 Å². The fourth-order valence-corrected chi connectivity index (χ4v) is 1.92. The molecule has 0 spiro atoms. The van der Waals surface area contributed by atoms with E-state index in [1.165, 1.54) is 18.6 Å². The fraction of sp³-hybridized carbons (Fsp3) is 0.500. The lowest BCUT2D eigenvalue weighted by molar-refractivity contribution is -0.384. The maximum absolute atomic E-state index is 10.7. The number of nitro groups is 1. The standard InChI is InChI=1S/C10H12ClN3O2/c1-13(7-3-2-4-7)10-6-8(14(15)16)5-9(11)12-10/h5-7H,2-4H2,1H3. The van der Waals surface area contributed by atoms with E-state index in [4.69, 9.17) is 11.6 Å². The van der Waals surface area contributed by atoms with Crippen LogP contribution in [0.1, 0.15) is 19.3 Å². The van der Waals surface area contributed by atoms with Crippen LogP contribution < -0.4 is 4.90 Å². The minimum atomic E-state index is -0.453. The summed E-state index contributed by atoms with van der Waals surface area (Å²) < 4.78 is 0. The van der Waals surface area contributed by atoms with E-state index in [2.05, 4.69) is 4.98 Å². The molecule has 0 radical (unpaired) electrons. The van der Waals surface area contributed by atoms with Gasteiger partial charge in [-0.1, -0.05) is 11.6 Å². The first kappa shape index (κ1) is 11.1.